The Morgan fingerprint density at radius 2 is 1.75 bits per heavy atom. The van der Waals surface area contributed by atoms with Crippen LogP contribution in [0.5, 0.6) is 11.5 Å². The lowest BCUT2D eigenvalue weighted by Gasteiger charge is -2.22. The maximum Gasteiger partial charge on any atom is 0.191 e. The van der Waals surface area contributed by atoms with E-state index >= 15 is 0 Å². The van der Waals surface area contributed by atoms with Crippen molar-refractivity contribution in [2.45, 2.75) is 10.9 Å². The molecule has 0 saturated carbocycles. The standard InChI is InChI=1S/C25H21F3N2O5S/c1-34-15-9-14(10-16(11-15)36(3,32)33)30-24(18-5-4-13(26)8-21(18)35-2)25(31)19-12-29-23-17(19)6-7-20(27)22(23)28/h4-12,24,29-30H,1-3H3. The molecule has 0 radical (unpaired) electrons. The highest BCUT2D eigenvalue weighted by molar-refractivity contribution is 7.90. The Kier molecular flexibility index (Phi) is 6.68. The van der Waals surface area contributed by atoms with Gasteiger partial charge < -0.3 is 19.8 Å². The van der Waals surface area contributed by atoms with E-state index in [4.69, 9.17) is 9.47 Å². The first-order chi connectivity index (χ1) is 17.0. The van der Waals surface area contributed by atoms with Crippen LogP contribution in [0.15, 0.2) is 59.6 Å². The molecule has 0 spiro atoms. The van der Waals surface area contributed by atoms with Crippen molar-refractivity contribution in [1.82, 2.24) is 4.98 Å². The number of sulfone groups is 1. The number of aromatic nitrogens is 1. The summed E-state index contributed by atoms with van der Waals surface area (Å²) >= 11 is 0. The van der Waals surface area contributed by atoms with Crippen molar-refractivity contribution in [3.05, 3.63) is 83.3 Å². The second kappa shape index (κ2) is 9.57. The Labute approximate surface area is 204 Å². The van der Waals surface area contributed by atoms with Gasteiger partial charge in [0.2, 0.25) is 0 Å². The second-order valence-corrected chi connectivity index (χ2v) is 10.00. The van der Waals surface area contributed by atoms with Gasteiger partial charge in [-0.05, 0) is 36.4 Å². The lowest BCUT2D eigenvalue weighted by Crippen LogP contribution is -2.22. The van der Waals surface area contributed by atoms with Crippen molar-refractivity contribution < 1.29 is 35.9 Å². The smallest absolute Gasteiger partial charge is 0.191 e. The van der Waals surface area contributed by atoms with Crippen LogP contribution >= 0.6 is 0 Å². The Bertz CT molecular complexity index is 1580. The molecule has 0 aliphatic rings. The molecule has 0 saturated heterocycles. The molecular weight excluding hydrogens is 497 g/mol. The SMILES string of the molecule is COc1cc(NC(C(=O)c2c[nH]c3c(F)c(F)ccc23)c2ccc(F)cc2OC)cc(S(C)(=O)=O)c1. The van der Waals surface area contributed by atoms with E-state index < -0.39 is 39.1 Å². The fraction of sp³-hybridized carbons (Fsp3) is 0.160. The van der Waals surface area contributed by atoms with Gasteiger partial charge in [0.05, 0.1) is 24.6 Å². The summed E-state index contributed by atoms with van der Waals surface area (Å²) in [5, 5.41) is 3.11. The summed E-state index contributed by atoms with van der Waals surface area (Å²) < 4.78 is 76.8. The molecule has 11 heteroatoms. The number of rotatable bonds is 8. The summed E-state index contributed by atoms with van der Waals surface area (Å²) in [6.45, 7) is 0. The minimum absolute atomic E-state index is 0.0269. The van der Waals surface area contributed by atoms with E-state index in [-0.39, 0.29) is 44.1 Å². The average molecular weight is 519 g/mol. The first-order valence-electron chi connectivity index (χ1n) is 10.5. The van der Waals surface area contributed by atoms with Gasteiger partial charge in [0.15, 0.2) is 27.3 Å². The normalized spacial score (nSPS) is 12.4. The van der Waals surface area contributed by atoms with Gasteiger partial charge in [-0.15, -0.1) is 0 Å². The van der Waals surface area contributed by atoms with Crippen molar-refractivity contribution in [3.8, 4) is 11.5 Å². The van der Waals surface area contributed by atoms with E-state index in [0.29, 0.717) is 0 Å². The van der Waals surface area contributed by atoms with E-state index in [0.717, 1.165) is 24.5 Å². The summed E-state index contributed by atoms with van der Waals surface area (Å²) in [6, 6.07) is 8.63. The highest BCUT2D eigenvalue weighted by atomic mass is 32.2. The van der Waals surface area contributed by atoms with Gasteiger partial charge in [0.25, 0.3) is 0 Å². The van der Waals surface area contributed by atoms with Crippen LogP contribution in [0.25, 0.3) is 10.9 Å². The summed E-state index contributed by atoms with van der Waals surface area (Å²) in [5.41, 5.74) is 0.268. The fourth-order valence-electron chi connectivity index (χ4n) is 3.86. The third-order valence-electron chi connectivity index (χ3n) is 5.63. The Balaban J connectivity index is 1.89. The number of nitrogens with one attached hydrogen (secondary N) is 2. The number of carbonyl (C=O) groups excluding carboxylic acids is 1. The van der Waals surface area contributed by atoms with Gasteiger partial charge in [0, 0.05) is 46.8 Å². The molecule has 1 unspecified atom stereocenters. The van der Waals surface area contributed by atoms with Crippen molar-refractivity contribution in [2.24, 2.45) is 0 Å². The van der Waals surface area contributed by atoms with Gasteiger partial charge in [-0.2, -0.15) is 0 Å². The molecule has 4 aromatic rings. The number of Topliss-reactive ketones (excluding diaryl/α,β-unsaturated/α-hetero) is 1. The molecule has 0 aliphatic heterocycles. The molecule has 36 heavy (non-hydrogen) atoms. The predicted molar refractivity (Wildman–Crippen MR) is 128 cm³/mol. The number of H-pyrrole nitrogens is 1. The molecule has 188 valence electrons. The summed E-state index contributed by atoms with van der Waals surface area (Å²) in [4.78, 5) is 16.3. The molecule has 0 bridgehead atoms. The summed E-state index contributed by atoms with van der Waals surface area (Å²) in [5.74, 6) is -3.16. The lowest BCUT2D eigenvalue weighted by molar-refractivity contribution is 0.0970. The molecule has 4 rings (SSSR count). The zero-order chi connectivity index (χ0) is 26.2. The number of carbonyl (C=O) groups is 1. The maximum atomic E-state index is 14.3. The molecule has 0 amide bonds. The van der Waals surface area contributed by atoms with Crippen molar-refractivity contribution in [2.75, 3.05) is 25.8 Å². The predicted octanol–water partition coefficient (Wildman–Crippen LogP) is 5.04. The van der Waals surface area contributed by atoms with Gasteiger partial charge in [0.1, 0.15) is 23.4 Å². The summed E-state index contributed by atoms with van der Waals surface area (Å²) in [7, 11) is -0.979. The number of aromatic amines is 1. The van der Waals surface area contributed by atoms with Crippen LogP contribution in [0.2, 0.25) is 0 Å². The Hall–Kier alpha value is -3.99. The molecule has 1 atom stereocenters. The molecular formula is C25H21F3N2O5S. The van der Waals surface area contributed by atoms with Crippen LogP contribution in [0, 0.1) is 17.5 Å². The van der Waals surface area contributed by atoms with Gasteiger partial charge >= 0.3 is 0 Å². The van der Waals surface area contributed by atoms with Gasteiger partial charge in [-0.25, -0.2) is 21.6 Å². The number of hydrogen-bond donors (Lipinski definition) is 2. The quantitative estimate of drug-likeness (QED) is 0.317. The third kappa shape index (κ3) is 4.74. The average Bonchev–Trinajstić information content (AvgIpc) is 3.28. The van der Waals surface area contributed by atoms with E-state index in [9.17, 15) is 26.4 Å². The molecule has 2 N–H and O–H groups in total. The van der Waals surface area contributed by atoms with Crippen LogP contribution in [0.1, 0.15) is 22.0 Å². The van der Waals surface area contributed by atoms with Crippen LogP contribution < -0.4 is 14.8 Å². The third-order valence-corrected chi connectivity index (χ3v) is 6.73. The van der Waals surface area contributed by atoms with E-state index in [1.807, 2.05) is 0 Å². The molecule has 1 aromatic heterocycles. The highest BCUT2D eigenvalue weighted by Gasteiger charge is 2.29. The first-order valence-corrected chi connectivity index (χ1v) is 12.4. The monoisotopic (exact) mass is 518 g/mol. The second-order valence-electron chi connectivity index (χ2n) is 7.98. The summed E-state index contributed by atoms with van der Waals surface area (Å²) in [6.07, 6.45) is 2.27. The van der Waals surface area contributed by atoms with Crippen molar-refractivity contribution in [1.29, 1.82) is 0 Å². The molecule has 0 aliphatic carbocycles. The minimum Gasteiger partial charge on any atom is -0.497 e. The van der Waals surface area contributed by atoms with Gasteiger partial charge in [-0.1, -0.05) is 0 Å². The number of fused-ring (bicyclic) bond motifs is 1. The molecule has 3 aromatic carbocycles. The van der Waals surface area contributed by atoms with Crippen LogP contribution in [0.3, 0.4) is 0 Å². The van der Waals surface area contributed by atoms with Crippen molar-refractivity contribution in [3.63, 3.8) is 0 Å². The lowest BCUT2D eigenvalue weighted by atomic mass is 9.95. The molecule has 1 heterocycles. The van der Waals surface area contributed by atoms with Crippen molar-refractivity contribution >= 4 is 32.2 Å². The highest BCUT2D eigenvalue weighted by Crippen LogP contribution is 2.35. The molecule has 0 fully saturated rings. The van der Waals surface area contributed by atoms with Crippen LogP contribution in [-0.4, -0.2) is 39.7 Å². The largest absolute Gasteiger partial charge is 0.497 e. The van der Waals surface area contributed by atoms with Gasteiger partial charge in [-0.3, -0.25) is 4.79 Å². The Morgan fingerprint density at radius 1 is 1.00 bits per heavy atom. The van der Waals surface area contributed by atoms with E-state index in [1.165, 1.54) is 50.7 Å². The van der Waals surface area contributed by atoms with E-state index in [1.54, 1.807) is 0 Å². The Morgan fingerprint density at radius 3 is 2.42 bits per heavy atom. The number of anilines is 1. The van der Waals surface area contributed by atoms with Crippen LogP contribution in [-0.2, 0) is 9.84 Å². The minimum atomic E-state index is -3.64. The van der Waals surface area contributed by atoms with E-state index in [2.05, 4.69) is 10.3 Å². The van der Waals surface area contributed by atoms with Crippen LogP contribution in [0.4, 0.5) is 18.9 Å². The zero-order valence-electron chi connectivity index (χ0n) is 19.4. The zero-order valence-corrected chi connectivity index (χ0v) is 20.2. The first kappa shape index (κ1) is 25.1. The molecule has 7 nitrogen and oxygen atoms in total. The maximum absolute atomic E-state index is 14.3. The fourth-order valence-corrected chi connectivity index (χ4v) is 4.53. The topological polar surface area (TPSA) is 97.5 Å². The number of halogens is 3. The number of ketones is 1. The number of benzene rings is 3. The number of methoxy groups -OCH3 is 2. The number of ether oxygens (including phenoxy) is 2. The number of hydrogen-bond acceptors (Lipinski definition) is 6.